The van der Waals surface area contributed by atoms with Gasteiger partial charge in [0, 0.05) is 24.3 Å². The third-order valence-electron chi connectivity index (χ3n) is 7.59. The Hall–Kier alpha value is -3.77. The van der Waals surface area contributed by atoms with Crippen molar-refractivity contribution in [2.75, 3.05) is 13.1 Å². The minimum absolute atomic E-state index is 0.0879. The standard InChI is InChI=1S/C28H30F3N5O4/c29-28(30,31)20-4-1-3-18(15-20)25(38)34-17-24(37)36-13-2-5-23(36)35-21-8-10-27(39,11-9-21)22-7-6-19(16-33-22)26-32-12-14-40-26/h1,3-4,6-7,12,14-16,21,23,35,39H,2,5,8-11,13,17H2,(H,34,38)/t21?,23-,27?/m0/s1. The van der Waals surface area contributed by atoms with Crippen LogP contribution in [0.4, 0.5) is 13.2 Å². The second kappa shape index (κ2) is 11.4. The summed E-state index contributed by atoms with van der Waals surface area (Å²) in [7, 11) is 0. The van der Waals surface area contributed by atoms with Gasteiger partial charge in [-0.2, -0.15) is 13.2 Å². The number of carbonyl (C=O) groups excluding carboxylic acids is 2. The van der Waals surface area contributed by atoms with E-state index >= 15 is 0 Å². The minimum atomic E-state index is -4.56. The molecular formula is C28H30F3N5O4. The zero-order valence-corrected chi connectivity index (χ0v) is 21.7. The van der Waals surface area contributed by atoms with E-state index in [0.717, 1.165) is 36.6 Å². The average molecular weight is 558 g/mol. The van der Waals surface area contributed by atoms with E-state index in [2.05, 4.69) is 20.6 Å². The van der Waals surface area contributed by atoms with Crippen LogP contribution in [0.15, 0.2) is 59.5 Å². The Morgan fingerprint density at radius 2 is 1.93 bits per heavy atom. The first kappa shape index (κ1) is 27.8. The number of oxazole rings is 1. The van der Waals surface area contributed by atoms with Gasteiger partial charge >= 0.3 is 6.18 Å². The predicted molar refractivity (Wildman–Crippen MR) is 138 cm³/mol. The summed E-state index contributed by atoms with van der Waals surface area (Å²) in [5.74, 6) is -0.584. The number of pyridine rings is 1. The van der Waals surface area contributed by atoms with Gasteiger partial charge in [-0.05, 0) is 68.9 Å². The molecule has 1 saturated carbocycles. The summed E-state index contributed by atoms with van der Waals surface area (Å²) in [6.45, 7) is 0.209. The van der Waals surface area contributed by atoms with Crippen LogP contribution < -0.4 is 10.6 Å². The molecule has 1 aliphatic carbocycles. The molecule has 2 amide bonds. The number of alkyl halides is 3. The largest absolute Gasteiger partial charge is 0.444 e. The predicted octanol–water partition coefficient (Wildman–Crippen LogP) is 3.85. The molecule has 0 bridgehead atoms. The highest BCUT2D eigenvalue weighted by Crippen LogP contribution is 2.37. The second-order valence-corrected chi connectivity index (χ2v) is 10.2. The fourth-order valence-electron chi connectivity index (χ4n) is 5.39. The number of rotatable bonds is 7. The molecule has 1 atom stereocenters. The zero-order valence-electron chi connectivity index (χ0n) is 21.7. The molecule has 2 aliphatic rings. The van der Waals surface area contributed by atoms with Gasteiger partial charge in [-0.15, -0.1) is 0 Å². The lowest BCUT2D eigenvalue weighted by Gasteiger charge is -2.38. The third-order valence-corrected chi connectivity index (χ3v) is 7.59. The Balaban J connectivity index is 1.12. The first-order chi connectivity index (χ1) is 19.1. The SMILES string of the molecule is O=C(NCC(=O)N1CCC[C@H]1NC1CCC(O)(c2ccc(-c3ncco3)cn2)CC1)c1cccc(C(F)(F)F)c1. The maximum Gasteiger partial charge on any atom is 0.416 e. The highest BCUT2D eigenvalue weighted by atomic mass is 19.4. The Labute approximate surface area is 228 Å². The molecule has 1 aliphatic heterocycles. The molecule has 9 nitrogen and oxygen atoms in total. The van der Waals surface area contributed by atoms with Crippen molar-refractivity contribution < 1.29 is 32.3 Å². The van der Waals surface area contributed by atoms with Gasteiger partial charge in [0.1, 0.15) is 11.9 Å². The van der Waals surface area contributed by atoms with Crippen molar-refractivity contribution in [1.82, 2.24) is 25.5 Å². The first-order valence-electron chi connectivity index (χ1n) is 13.2. The van der Waals surface area contributed by atoms with Crippen LogP contribution in [0.25, 0.3) is 11.5 Å². The topological polar surface area (TPSA) is 121 Å². The number of aliphatic hydroxyl groups is 1. The molecular weight excluding hydrogens is 527 g/mol. The number of hydrogen-bond donors (Lipinski definition) is 3. The summed E-state index contributed by atoms with van der Waals surface area (Å²) < 4.78 is 44.2. The van der Waals surface area contributed by atoms with Gasteiger partial charge in [0.05, 0.1) is 35.7 Å². The van der Waals surface area contributed by atoms with Gasteiger partial charge in [0.15, 0.2) is 0 Å². The summed E-state index contributed by atoms with van der Waals surface area (Å²) in [6.07, 6.45) is 3.82. The molecule has 0 radical (unpaired) electrons. The van der Waals surface area contributed by atoms with Crippen LogP contribution in [0.2, 0.25) is 0 Å². The molecule has 12 heteroatoms. The average Bonchev–Trinajstić information content (AvgIpc) is 3.66. The summed E-state index contributed by atoms with van der Waals surface area (Å²) in [5.41, 5.74) is -0.810. The number of nitrogens with one attached hydrogen (secondary N) is 2. The minimum Gasteiger partial charge on any atom is -0.444 e. The summed E-state index contributed by atoms with van der Waals surface area (Å²) in [5, 5.41) is 17.2. The summed E-state index contributed by atoms with van der Waals surface area (Å²) in [4.78, 5) is 35.5. The van der Waals surface area contributed by atoms with Crippen LogP contribution >= 0.6 is 0 Å². The smallest absolute Gasteiger partial charge is 0.416 e. The number of nitrogens with zero attached hydrogens (tertiary/aromatic N) is 3. The fourth-order valence-corrected chi connectivity index (χ4v) is 5.39. The van der Waals surface area contributed by atoms with Crippen molar-refractivity contribution in [3.8, 4) is 11.5 Å². The van der Waals surface area contributed by atoms with E-state index < -0.39 is 23.2 Å². The van der Waals surface area contributed by atoms with E-state index in [0.29, 0.717) is 43.8 Å². The van der Waals surface area contributed by atoms with Crippen molar-refractivity contribution in [3.05, 3.63) is 71.9 Å². The van der Waals surface area contributed by atoms with Gasteiger partial charge in [-0.25, -0.2) is 4.98 Å². The van der Waals surface area contributed by atoms with E-state index in [1.807, 2.05) is 6.07 Å². The van der Waals surface area contributed by atoms with E-state index in [9.17, 15) is 27.9 Å². The van der Waals surface area contributed by atoms with Crippen LogP contribution in [0.3, 0.4) is 0 Å². The Kier molecular flexibility index (Phi) is 7.90. The van der Waals surface area contributed by atoms with Crippen LogP contribution in [-0.4, -0.2) is 57.1 Å². The number of benzene rings is 1. The van der Waals surface area contributed by atoms with E-state index in [1.165, 1.54) is 12.3 Å². The van der Waals surface area contributed by atoms with Gasteiger partial charge < -0.3 is 19.7 Å². The Bertz CT molecular complexity index is 1320. The van der Waals surface area contributed by atoms with Crippen molar-refractivity contribution in [3.63, 3.8) is 0 Å². The molecule has 3 heterocycles. The first-order valence-corrected chi connectivity index (χ1v) is 13.2. The molecule has 1 saturated heterocycles. The third kappa shape index (κ3) is 6.18. The maximum atomic E-state index is 13.0. The summed E-state index contributed by atoms with van der Waals surface area (Å²) in [6, 6.07) is 7.80. The van der Waals surface area contributed by atoms with Crippen molar-refractivity contribution in [2.45, 2.75) is 62.5 Å². The number of halogens is 3. The van der Waals surface area contributed by atoms with Gasteiger partial charge in [-0.3, -0.25) is 19.9 Å². The highest BCUT2D eigenvalue weighted by Gasteiger charge is 2.38. The van der Waals surface area contributed by atoms with Crippen LogP contribution in [0.5, 0.6) is 0 Å². The molecule has 0 unspecified atom stereocenters. The molecule has 40 heavy (non-hydrogen) atoms. The molecule has 0 spiro atoms. The quantitative estimate of drug-likeness (QED) is 0.404. The summed E-state index contributed by atoms with van der Waals surface area (Å²) >= 11 is 0. The molecule has 3 N–H and O–H groups in total. The van der Waals surface area contributed by atoms with E-state index in [-0.39, 0.29) is 30.2 Å². The van der Waals surface area contributed by atoms with Crippen molar-refractivity contribution in [1.29, 1.82) is 0 Å². The van der Waals surface area contributed by atoms with E-state index in [1.54, 1.807) is 23.4 Å². The fraction of sp³-hybridized carbons (Fsp3) is 0.429. The zero-order chi connectivity index (χ0) is 28.3. The van der Waals surface area contributed by atoms with Crippen LogP contribution in [0.1, 0.15) is 60.1 Å². The molecule has 2 fully saturated rings. The Morgan fingerprint density at radius 3 is 2.60 bits per heavy atom. The molecule has 2 aromatic heterocycles. The van der Waals surface area contributed by atoms with Gasteiger partial charge in [-0.1, -0.05) is 6.07 Å². The van der Waals surface area contributed by atoms with Crippen LogP contribution in [-0.2, 0) is 16.6 Å². The monoisotopic (exact) mass is 557 g/mol. The van der Waals surface area contributed by atoms with E-state index in [4.69, 9.17) is 4.42 Å². The Morgan fingerprint density at radius 1 is 1.12 bits per heavy atom. The maximum absolute atomic E-state index is 13.0. The number of carbonyl (C=O) groups is 2. The number of hydrogen-bond acceptors (Lipinski definition) is 7. The number of aromatic nitrogens is 2. The van der Waals surface area contributed by atoms with Crippen LogP contribution in [0, 0.1) is 0 Å². The van der Waals surface area contributed by atoms with Gasteiger partial charge in [0.2, 0.25) is 11.8 Å². The highest BCUT2D eigenvalue weighted by molar-refractivity contribution is 5.96. The normalized spacial score (nSPS) is 23.2. The molecule has 212 valence electrons. The lowest BCUT2D eigenvalue weighted by atomic mass is 9.79. The van der Waals surface area contributed by atoms with Crippen molar-refractivity contribution >= 4 is 11.8 Å². The number of likely N-dealkylation sites (tertiary alicyclic amines) is 1. The lowest BCUT2D eigenvalue weighted by molar-refractivity contribution is -0.137. The van der Waals surface area contributed by atoms with Crippen molar-refractivity contribution in [2.24, 2.45) is 0 Å². The molecule has 3 aromatic rings. The molecule has 1 aromatic carbocycles. The van der Waals surface area contributed by atoms with Gasteiger partial charge in [0.25, 0.3) is 5.91 Å². The lowest BCUT2D eigenvalue weighted by Crippen LogP contribution is -2.52. The second-order valence-electron chi connectivity index (χ2n) is 10.2. The molecule has 5 rings (SSSR count). The number of amides is 2.